The number of halogens is 1. The van der Waals surface area contributed by atoms with Crippen molar-refractivity contribution < 1.29 is 9.53 Å². The summed E-state index contributed by atoms with van der Waals surface area (Å²) >= 11 is 3.37. The second-order valence-electron chi connectivity index (χ2n) is 5.14. The number of nitrogens with one attached hydrogen (secondary N) is 1. The third-order valence-electron chi connectivity index (χ3n) is 3.20. The van der Waals surface area contributed by atoms with E-state index >= 15 is 0 Å². The van der Waals surface area contributed by atoms with Crippen LogP contribution < -0.4 is 10.1 Å². The number of aromatic nitrogens is 3. The zero-order valence-electron chi connectivity index (χ0n) is 12.9. The van der Waals surface area contributed by atoms with Gasteiger partial charge in [0.15, 0.2) is 12.4 Å². The minimum absolute atomic E-state index is 0.220. The first-order valence-electron chi connectivity index (χ1n) is 7.26. The summed E-state index contributed by atoms with van der Waals surface area (Å²) in [6.07, 6.45) is 3.39. The van der Waals surface area contributed by atoms with Crippen molar-refractivity contribution in [1.82, 2.24) is 14.8 Å². The summed E-state index contributed by atoms with van der Waals surface area (Å²) in [5, 5.41) is 6.91. The molecule has 6 nitrogen and oxygen atoms in total. The van der Waals surface area contributed by atoms with E-state index in [1.165, 1.54) is 0 Å². The first-order chi connectivity index (χ1) is 11.6. The lowest BCUT2D eigenvalue weighted by atomic mass is 10.3. The maximum Gasteiger partial charge on any atom is 0.277 e. The van der Waals surface area contributed by atoms with Gasteiger partial charge in [-0.1, -0.05) is 22.0 Å². The van der Waals surface area contributed by atoms with Crippen LogP contribution >= 0.6 is 15.9 Å². The molecule has 0 saturated carbocycles. The largest absolute Gasteiger partial charge is 0.471 e. The highest BCUT2D eigenvalue weighted by molar-refractivity contribution is 9.10. The number of carbonyl (C=O) groups excluding carboxylic acids is 1. The molecular weight excluding hydrogens is 372 g/mol. The number of ether oxygens (including phenoxy) is 1. The zero-order valence-corrected chi connectivity index (χ0v) is 14.5. The second-order valence-corrected chi connectivity index (χ2v) is 6.06. The summed E-state index contributed by atoms with van der Waals surface area (Å²) in [6, 6.07) is 12.8. The highest BCUT2D eigenvalue weighted by Gasteiger charge is 2.10. The van der Waals surface area contributed by atoms with Crippen LogP contribution in [-0.2, 0) is 6.73 Å². The number of pyridine rings is 1. The van der Waals surface area contributed by atoms with Gasteiger partial charge in [-0.15, -0.1) is 0 Å². The van der Waals surface area contributed by atoms with Crippen molar-refractivity contribution in [3.63, 3.8) is 0 Å². The molecule has 0 unspecified atom stereocenters. The van der Waals surface area contributed by atoms with E-state index in [2.05, 4.69) is 31.3 Å². The molecule has 2 heterocycles. The Bertz CT molecular complexity index is 829. The number of amides is 1. The summed E-state index contributed by atoms with van der Waals surface area (Å²) in [5.74, 6) is 0.906. The Kier molecular flexibility index (Phi) is 4.90. The lowest BCUT2D eigenvalue weighted by Crippen LogP contribution is -2.15. The third kappa shape index (κ3) is 4.20. The lowest BCUT2D eigenvalue weighted by Gasteiger charge is -2.06. The minimum atomic E-state index is -0.311. The first-order valence-corrected chi connectivity index (χ1v) is 8.05. The molecule has 24 heavy (non-hydrogen) atoms. The average Bonchev–Trinajstić information content (AvgIpc) is 3.06. The maximum atomic E-state index is 12.2. The summed E-state index contributed by atoms with van der Waals surface area (Å²) in [6.45, 7) is 2.16. The fourth-order valence-corrected chi connectivity index (χ4v) is 2.21. The van der Waals surface area contributed by atoms with E-state index in [1.807, 2.05) is 37.3 Å². The van der Waals surface area contributed by atoms with Crippen molar-refractivity contribution in [1.29, 1.82) is 0 Å². The molecule has 0 bridgehead atoms. The van der Waals surface area contributed by atoms with Crippen LogP contribution in [0, 0.1) is 6.92 Å². The van der Waals surface area contributed by atoms with Crippen molar-refractivity contribution in [2.24, 2.45) is 0 Å². The predicted octanol–water partition coefficient (Wildman–Crippen LogP) is 3.64. The molecule has 0 aliphatic rings. The third-order valence-corrected chi connectivity index (χ3v) is 3.73. The van der Waals surface area contributed by atoms with Gasteiger partial charge in [-0.05, 0) is 48.9 Å². The van der Waals surface area contributed by atoms with Gasteiger partial charge in [-0.2, -0.15) is 5.10 Å². The number of anilines is 1. The van der Waals surface area contributed by atoms with Crippen molar-refractivity contribution in [2.45, 2.75) is 13.7 Å². The van der Waals surface area contributed by atoms with E-state index in [4.69, 9.17) is 4.74 Å². The van der Waals surface area contributed by atoms with Crippen LogP contribution in [0.1, 0.15) is 16.1 Å². The lowest BCUT2D eigenvalue weighted by molar-refractivity contribution is 0.102. The number of rotatable bonds is 5. The molecule has 2 aromatic heterocycles. The molecule has 0 atom stereocenters. The number of hydrogen-bond donors (Lipinski definition) is 1. The highest BCUT2D eigenvalue weighted by atomic mass is 79.9. The average molecular weight is 387 g/mol. The Morgan fingerprint density at radius 2 is 2.00 bits per heavy atom. The molecule has 0 saturated heterocycles. The highest BCUT2D eigenvalue weighted by Crippen LogP contribution is 2.16. The van der Waals surface area contributed by atoms with Crippen molar-refractivity contribution in [3.8, 4) is 5.75 Å². The number of hydrogen-bond acceptors (Lipinski definition) is 4. The molecule has 0 radical (unpaired) electrons. The smallest absolute Gasteiger partial charge is 0.277 e. The van der Waals surface area contributed by atoms with E-state index < -0.39 is 0 Å². The van der Waals surface area contributed by atoms with Crippen LogP contribution in [0.4, 0.5) is 5.82 Å². The van der Waals surface area contributed by atoms with Gasteiger partial charge in [-0.25, -0.2) is 9.67 Å². The molecule has 0 aliphatic carbocycles. The molecule has 3 rings (SSSR count). The Labute approximate surface area is 147 Å². The normalized spacial score (nSPS) is 10.4. The maximum absolute atomic E-state index is 12.2. The van der Waals surface area contributed by atoms with E-state index in [0.29, 0.717) is 11.5 Å². The minimum Gasteiger partial charge on any atom is -0.471 e. The Hall–Kier alpha value is -2.67. The summed E-state index contributed by atoms with van der Waals surface area (Å²) < 4.78 is 8.15. The molecule has 0 fully saturated rings. The van der Waals surface area contributed by atoms with Crippen LogP contribution in [0.2, 0.25) is 0 Å². The van der Waals surface area contributed by atoms with Crippen LogP contribution in [0.5, 0.6) is 5.75 Å². The summed E-state index contributed by atoms with van der Waals surface area (Å²) in [5.41, 5.74) is 1.33. The molecule has 0 aliphatic heterocycles. The van der Waals surface area contributed by atoms with Gasteiger partial charge >= 0.3 is 0 Å². The molecule has 0 spiro atoms. The first kappa shape index (κ1) is 16.2. The van der Waals surface area contributed by atoms with Gasteiger partial charge in [0.1, 0.15) is 11.6 Å². The molecule has 7 heteroatoms. The molecule has 1 aromatic carbocycles. The van der Waals surface area contributed by atoms with Crippen LogP contribution in [0.3, 0.4) is 0 Å². The van der Waals surface area contributed by atoms with E-state index in [9.17, 15) is 4.79 Å². The van der Waals surface area contributed by atoms with Crippen molar-refractivity contribution in [2.75, 3.05) is 5.32 Å². The number of benzene rings is 1. The Morgan fingerprint density at radius 3 is 2.71 bits per heavy atom. The van der Waals surface area contributed by atoms with E-state index in [1.54, 1.807) is 29.2 Å². The van der Waals surface area contributed by atoms with Crippen LogP contribution in [0.15, 0.2) is 59.3 Å². The topological polar surface area (TPSA) is 69.0 Å². The number of carbonyl (C=O) groups is 1. The van der Waals surface area contributed by atoms with Gasteiger partial charge in [0.2, 0.25) is 0 Å². The molecule has 3 aromatic rings. The molecule has 1 amide bonds. The van der Waals surface area contributed by atoms with Crippen LogP contribution in [-0.4, -0.2) is 20.7 Å². The number of aryl methyl sites for hydroxylation is 1. The van der Waals surface area contributed by atoms with E-state index in [0.717, 1.165) is 15.8 Å². The van der Waals surface area contributed by atoms with E-state index in [-0.39, 0.29) is 12.6 Å². The van der Waals surface area contributed by atoms with Gasteiger partial charge in [0.25, 0.3) is 5.91 Å². The Morgan fingerprint density at radius 1 is 1.21 bits per heavy atom. The standard InChI is InChI=1S/C17H15BrN4O2/c1-12-2-7-16(19-10-12)20-17(23)15-8-9-22(21-15)11-24-14-5-3-13(18)4-6-14/h2-10H,11H2,1H3,(H,19,20,23). The predicted molar refractivity (Wildman–Crippen MR) is 93.9 cm³/mol. The van der Waals surface area contributed by atoms with Crippen LogP contribution in [0.25, 0.3) is 0 Å². The summed E-state index contributed by atoms with van der Waals surface area (Å²) in [7, 11) is 0. The fraction of sp³-hybridized carbons (Fsp3) is 0.118. The van der Waals surface area contributed by atoms with Gasteiger partial charge in [-0.3, -0.25) is 4.79 Å². The quantitative estimate of drug-likeness (QED) is 0.726. The van der Waals surface area contributed by atoms with Gasteiger partial charge < -0.3 is 10.1 Å². The summed E-state index contributed by atoms with van der Waals surface area (Å²) in [4.78, 5) is 16.3. The van der Waals surface area contributed by atoms with Gasteiger partial charge in [0.05, 0.1) is 0 Å². The molecule has 122 valence electrons. The van der Waals surface area contributed by atoms with Crippen molar-refractivity contribution in [3.05, 3.63) is 70.6 Å². The van der Waals surface area contributed by atoms with Gasteiger partial charge in [0, 0.05) is 16.9 Å². The SMILES string of the molecule is Cc1ccc(NC(=O)c2ccn(COc3ccc(Br)cc3)n2)nc1. The fourth-order valence-electron chi connectivity index (χ4n) is 1.95. The number of nitrogens with zero attached hydrogens (tertiary/aromatic N) is 3. The van der Waals surface area contributed by atoms with Crippen molar-refractivity contribution >= 4 is 27.7 Å². The molecular formula is C17H15BrN4O2. The molecule has 1 N–H and O–H groups in total. The second kappa shape index (κ2) is 7.27. The monoisotopic (exact) mass is 386 g/mol. The Balaban J connectivity index is 1.59. The zero-order chi connectivity index (χ0) is 16.9.